The third kappa shape index (κ3) is 12.3. The smallest absolute Gasteiger partial charge is 0.161 e. The lowest BCUT2D eigenvalue weighted by atomic mass is 10.1. The first-order valence-corrected chi connectivity index (χ1v) is 10.4. The number of benzene rings is 1. The molecule has 27 heavy (non-hydrogen) atoms. The van der Waals surface area contributed by atoms with Crippen molar-refractivity contribution in [3.8, 4) is 24.3 Å². The zero-order chi connectivity index (χ0) is 20.9. The number of terminal acetylenes is 1. The van der Waals surface area contributed by atoms with Crippen molar-refractivity contribution < 1.29 is 9.47 Å². The summed E-state index contributed by atoms with van der Waals surface area (Å²) in [6.07, 6.45) is 13.1. The van der Waals surface area contributed by atoms with Crippen LogP contribution >= 0.6 is 0 Å². The van der Waals surface area contributed by atoms with Crippen molar-refractivity contribution >= 4 is 0 Å². The summed E-state index contributed by atoms with van der Waals surface area (Å²) in [6.45, 7) is 13.2. The van der Waals surface area contributed by atoms with Crippen molar-refractivity contribution in [3.63, 3.8) is 0 Å². The van der Waals surface area contributed by atoms with Gasteiger partial charge in [0.05, 0.1) is 0 Å². The molecule has 1 aromatic carbocycles. The number of hydrogen-bond acceptors (Lipinski definition) is 4. The van der Waals surface area contributed by atoms with Gasteiger partial charge in [0.1, 0.15) is 13.2 Å². The van der Waals surface area contributed by atoms with Crippen LogP contribution in [0.1, 0.15) is 52.5 Å². The maximum Gasteiger partial charge on any atom is 0.161 e. The standard InChI is InChI=1S/C15H21NO2.C2H7N.2C2H6.C2H2/c1-2-8-16(7-1)9-3-4-13-5-6-14-15(12-13)18-11-10-17-14;1-3-2;3*1-2/h5-6,12H,1-4,7-11H2;3H,1-2H3;2*1-2H3;1-2H. The van der Waals surface area contributed by atoms with Crippen LogP contribution in [0.15, 0.2) is 18.2 Å². The summed E-state index contributed by atoms with van der Waals surface area (Å²) in [4.78, 5) is 2.57. The number of likely N-dealkylation sites (tertiary alicyclic amines) is 1. The zero-order valence-electron chi connectivity index (χ0n) is 18.5. The maximum atomic E-state index is 5.61. The van der Waals surface area contributed by atoms with E-state index in [1.807, 2.05) is 47.9 Å². The molecule has 0 aromatic heterocycles. The fraction of sp³-hybridized carbons (Fsp3) is 0.652. The summed E-state index contributed by atoms with van der Waals surface area (Å²) in [7, 11) is 3.75. The first-order chi connectivity index (χ1) is 13.3. The predicted octanol–water partition coefficient (Wildman–Crippen LogP) is 4.62. The van der Waals surface area contributed by atoms with Crippen LogP contribution < -0.4 is 14.8 Å². The van der Waals surface area contributed by atoms with E-state index in [0.29, 0.717) is 13.2 Å². The summed E-state index contributed by atoms with van der Waals surface area (Å²) in [6, 6.07) is 6.34. The zero-order valence-corrected chi connectivity index (χ0v) is 18.5. The Balaban J connectivity index is 0. The molecule has 2 aliphatic heterocycles. The van der Waals surface area contributed by atoms with Crippen molar-refractivity contribution in [1.82, 2.24) is 10.2 Å². The lowest BCUT2D eigenvalue weighted by molar-refractivity contribution is 0.171. The average Bonchev–Trinajstić information content (AvgIpc) is 3.27. The van der Waals surface area contributed by atoms with Gasteiger partial charge in [-0.1, -0.05) is 33.8 Å². The Bertz CT molecular complexity index is 455. The molecule has 4 nitrogen and oxygen atoms in total. The molecule has 0 unspecified atom stereocenters. The minimum atomic E-state index is 0.668. The summed E-state index contributed by atoms with van der Waals surface area (Å²) in [5.74, 6) is 1.81. The quantitative estimate of drug-likeness (QED) is 0.775. The van der Waals surface area contributed by atoms with Crippen LogP contribution in [0.2, 0.25) is 0 Å². The molecule has 2 aliphatic rings. The van der Waals surface area contributed by atoms with Gasteiger partial charge in [-0.2, -0.15) is 0 Å². The van der Waals surface area contributed by atoms with E-state index in [1.54, 1.807) is 0 Å². The highest BCUT2D eigenvalue weighted by Crippen LogP contribution is 2.31. The molecule has 0 amide bonds. The third-order valence-corrected chi connectivity index (χ3v) is 3.75. The van der Waals surface area contributed by atoms with Gasteiger partial charge < -0.3 is 19.7 Å². The number of ether oxygens (including phenoxy) is 2. The first kappa shape index (κ1) is 27.5. The number of nitrogens with zero attached hydrogens (tertiary/aromatic N) is 1. The highest BCUT2D eigenvalue weighted by molar-refractivity contribution is 5.43. The van der Waals surface area contributed by atoms with E-state index < -0.39 is 0 Å². The SMILES string of the molecule is C#C.CC.CC.CNC.c1cc2c(cc1CCCN1CCCC1)OCCO2. The topological polar surface area (TPSA) is 33.7 Å². The van der Waals surface area contributed by atoms with Crippen LogP contribution in [0, 0.1) is 12.8 Å². The highest BCUT2D eigenvalue weighted by Gasteiger charge is 2.13. The summed E-state index contributed by atoms with van der Waals surface area (Å²) in [5, 5.41) is 2.75. The summed E-state index contributed by atoms with van der Waals surface area (Å²) >= 11 is 0. The lowest BCUT2D eigenvalue weighted by Gasteiger charge is -2.19. The first-order valence-electron chi connectivity index (χ1n) is 10.4. The molecule has 0 saturated carbocycles. The molecule has 0 radical (unpaired) electrons. The van der Waals surface area contributed by atoms with Gasteiger partial charge in [-0.05, 0) is 77.1 Å². The van der Waals surface area contributed by atoms with E-state index in [4.69, 9.17) is 9.47 Å². The van der Waals surface area contributed by atoms with E-state index in [0.717, 1.165) is 17.9 Å². The van der Waals surface area contributed by atoms with Gasteiger partial charge in [-0.25, -0.2) is 0 Å². The van der Waals surface area contributed by atoms with E-state index >= 15 is 0 Å². The molecule has 3 rings (SSSR count). The molecule has 2 heterocycles. The summed E-state index contributed by atoms with van der Waals surface area (Å²) < 4.78 is 11.1. The third-order valence-electron chi connectivity index (χ3n) is 3.75. The monoisotopic (exact) mass is 378 g/mol. The minimum absolute atomic E-state index is 0.668. The molecule has 0 spiro atoms. The number of fused-ring (bicyclic) bond motifs is 1. The minimum Gasteiger partial charge on any atom is -0.486 e. The fourth-order valence-corrected chi connectivity index (χ4v) is 2.76. The van der Waals surface area contributed by atoms with Crippen molar-refractivity contribution in [2.75, 3.05) is 46.9 Å². The Morgan fingerprint density at radius 3 is 2.00 bits per heavy atom. The highest BCUT2D eigenvalue weighted by atomic mass is 16.6. The van der Waals surface area contributed by atoms with Gasteiger partial charge in [-0.15, -0.1) is 12.8 Å². The Morgan fingerprint density at radius 2 is 1.44 bits per heavy atom. The van der Waals surface area contributed by atoms with Crippen molar-refractivity contribution in [2.24, 2.45) is 0 Å². The van der Waals surface area contributed by atoms with Crippen LogP contribution in [0.5, 0.6) is 11.5 Å². The number of nitrogens with one attached hydrogen (secondary N) is 1. The Kier molecular flexibility index (Phi) is 21.0. The normalized spacial score (nSPS) is 13.9. The number of hydrogen-bond donors (Lipinski definition) is 1. The molecule has 1 aromatic rings. The van der Waals surface area contributed by atoms with E-state index in [9.17, 15) is 0 Å². The average molecular weight is 379 g/mol. The molecule has 1 N–H and O–H groups in total. The Labute approximate surface area is 168 Å². The van der Waals surface area contributed by atoms with Crippen molar-refractivity contribution in [2.45, 2.75) is 53.4 Å². The van der Waals surface area contributed by atoms with Crippen LogP contribution in [0.4, 0.5) is 0 Å². The van der Waals surface area contributed by atoms with Crippen LogP contribution in [0.25, 0.3) is 0 Å². The Morgan fingerprint density at radius 1 is 0.926 bits per heavy atom. The molecular formula is C23H42N2O2. The molecule has 1 fully saturated rings. The fourth-order valence-electron chi connectivity index (χ4n) is 2.76. The van der Waals surface area contributed by atoms with Crippen molar-refractivity contribution in [1.29, 1.82) is 0 Å². The molecule has 4 heteroatoms. The van der Waals surface area contributed by atoms with Crippen molar-refractivity contribution in [3.05, 3.63) is 23.8 Å². The van der Waals surface area contributed by atoms with E-state index in [-0.39, 0.29) is 0 Å². The van der Waals surface area contributed by atoms with Crippen LogP contribution in [0.3, 0.4) is 0 Å². The molecule has 0 bridgehead atoms. The van der Waals surface area contributed by atoms with E-state index in [1.165, 1.54) is 44.5 Å². The summed E-state index contributed by atoms with van der Waals surface area (Å²) in [5.41, 5.74) is 1.36. The predicted molar refractivity (Wildman–Crippen MR) is 119 cm³/mol. The molecule has 156 valence electrons. The lowest BCUT2D eigenvalue weighted by Crippen LogP contribution is -2.20. The largest absolute Gasteiger partial charge is 0.486 e. The van der Waals surface area contributed by atoms with E-state index in [2.05, 4.69) is 35.2 Å². The number of rotatable bonds is 4. The molecule has 0 aliphatic carbocycles. The van der Waals surface area contributed by atoms with Gasteiger partial charge >= 0.3 is 0 Å². The van der Waals surface area contributed by atoms with Gasteiger partial charge in [0, 0.05) is 0 Å². The second-order valence-electron chi connectivity index (χ2n) is 5.63. The van der Waals surface area contributed by atoms with Gasteiger partial charge in [0.15, 0.2) is 11.5 Å². The Hall–Kier alpha value is -1.70. The van der Waals surface area contributed by atoms with Gasteiger partial charge in [0.2, 0.25) is 0 Å². The molecule has 1 saturated heterocycles. The molecular weight excluding hydrogens is 336 g/mol. The van der Waals surface area contributed by atoms with Gasteiger partial charge in [0.25, 0.3) is 0 Å². The second kappa shape index (κ2) is 20.6. The van der Waals surface area contributed by atoms with Gasteiger partial charge in [-0.3, -0.25) is 0 Å². The van der Waals surface area contributed by atoms with Crippen LogP contribution in [-0.2, 0) is 6.42 Å². The maximum absolute atomic E-state index is 5.61. The second-order valence-corrected chi connectivity index (χ2v) is 5.63. The van der Waals surface area contributed by atoms with Crippen LogP contribution in [-0.4, -0.2) is 51.8 Å². The molecule has 0 atom stereocenters. The number of aryl methyl sites for hydroxylation is 1.